The highest BCUT2D eigenvalue weighted by Gasteiger charge is 2.25. The summed E-state index contributed by atoms with van der Waals surface area (Å²) in [5.41, 5.74) is 6.01. The average molecular weight is 399 g/mol. The van der Waals surface area contributed by atoms with Gasteiger partial charge >= 0.3 is 0 Å². The fourth-order valence-electron chi connectivity index (χ4n) is 3.04. The van der Waals surface area contributed by atoms with Gasteiger partial charge in [-0.3, -0.25) is 4.79 Å². The lowest BCUT2D eigenvalue weighted by molar-refractivity contribution is 0.00843. The lowest BCUT2D eigenvalue weighted by Crippen LogP contribution is -2.41. The lowest BCUT2D eigenvalue weighted by Gasteiger charge is -2.32. The molecule has 0 aromatic heterocycles. The Labute approximate surface area is 166 Å². The van der Waals surface area contributed by atoms with E-state index >= 15 is 0 Å². The minimum atomic E-state index is -0.0414. The Morgan fingerprint density at radius 2 is 1.96 bits per heavy atom. The molecule has 1 aliphatic rings. The Balaban J connectivity index is 2.03. The van der Waals surface area contributed by atoms with Gasteiger partial charge in [-0.1, -0.05) is 18.5 Å². The molecule has 1 heterocycles. The zero-order chi connectivity index (χ0) is 19.6. The number of carbonyl (C=O) groups excluding carboxylic acids is 1. The number of amides is 1. The number of carbonyl (C=O) groups is 1. The number of hydrogen-bond acceptors (Lipinski definition) is 5. The number of hydrogen-bond donors (Lipinski definition) is 1. The van der Waals surface area contributed by atoms with Crippen molar-refractivity contribution in [3.8, 4) is 11.5 Å². The maximum Gasteiger partial charge on any atom is 0.254 e. The summed E-state index contributed by atoms with van der Waals surface area (Å²) < 4.78 is 17.2. The lowest BCUT2D eigenvalue weighted by atomic mass is 10.1. The Kier molecular flexibility index (Phi) is 9.18. The number of nitrogens with two attached hydrogens (primary N) is 1. The van der Waals surface area contributed by atoms with E-state index in [1.54, 1.807) is 12.1 Å². The smallest absolute Gasteiger partial charge is 0.254 e. The van der Waals surface area contributed by atoms with Gasteiger partial charge in [-0.05, 0) is 51.3 Å². The number of ether oxygens (including phenoxy) is 3. The third kappa shape index (κ3) is 6.26. The maximum atomic E-state index is 12.9. The van der Waals surface area contributed by atoms with Crippen molar-refractivity contribution >= 4 is 17.5 Å². The number of halogens is 1. The van der Waals surface area contributed by atoms with E-state index in [1.165, 1.54) is 0 Å². The fourth-order valence-corrected chi connectivity index (χ4v) is 3.31. The van der Waals surface area contributed by atoms with Gasteiger partial charge in [0.2, 0.25) is 0 Å². The highest BCUT2D eigenvalue weighted by atomic mass is 35.5. The fraction of sp³-hybridized carbons (Fsp3) is 0.650. The van der Waals surface area contributed by atoms with Crippen molar-refractivity contribution in [3.05, 3.63) is 22.7 Å². The zero-order valence-electron chi connectivity index (χ0n) is 16.3. The molecule has 0 spiro atoms. The summed E-state index contributed by atoms with van der Waals surface area (Å²) in [5.74, 6) is 0.978. The van der Waals surface area contributed by atoms with Gasteiger partial charge in [0.25, 0.3) is 5.91 Å². The second-order valence-electron chi connectivity index (χ2n) is 6.57. The first-order chi connectivity index (χ1) is 13.1. The molecule has 0 atom stereocenters. The first-order valence-electron chi connectivity index (χ1n) is 9.80. The second-order valence-corrected chi connectivity index (χ2v) is 6.98. The minimum absolute atomic E-state index is 0.0414. The summed E-state index contributed by atoms with van der Waals surface area (Å²) in [7, 11) is 0. The average Bonchev–Trinajstić information content (AvgIpc) is 2.67. The summed E-state index contributed by atoms with van der Waals surface area (Å²) in [6.07, 6.45) is 3.60. The topological polar surface area (TPSA) is 74.0 Å². The van der Waals surface area contributed by atoms with E-state index < -0.39 is 0 Å². The van der Waals surface area contributed by atoms with Gasteiger partial charge in [0.15, 0.2) is 11.5 Å². The predicted octanol–water partition coefficient (Wildman–Crippen LogP) is 3.50. The molecule has 27 heavy (non-hydrogen) atoms. The van der Waals surface area contributed by atoms with E-state index in [-0.39, 0.29) is 12.0 Å². The van der Waals surface area contributed by atoms with Crippen molar-refractivity contribution in [1.29, 1.82) is 0 Å². The normalized spacial score (nSPS) is 15.0. The first kappa shape index (κ1) is 21.8. The Morgan fingerprint density at radius 1 is 1.22 bits per heavy atom. The van der Waals surface area contributed by atoms with Gasteiger partial charge in [0.05, 0.1) is 24.3 Å². The number of benzene rings is 1. The number of piperidine rings is 1. The van der Waals surface area contributed by atoms with Crippen LogP contribution in [0.4, 0.5) is 0 Å². The molecule has 7 heteroatoms. The Morgan fingerprint density at radius 3 is 2.59 bits per heavy atom. The van der Waals surface area contributed by atoms with Gasteiger partial charge in [-0.25, -0.2) is 0 Å². The van der Waals surface area contributed by atoms with E-state index in [2.05, 4.69) is 0 Å². The van der Waals surface area contributed by atoms with Crippen LogP contribution in [0.2, 0.25) is 5.02 Å². The minimum Gasteiger partial charge on any atom is -0.490 e. The molecule has 1 aliphatic heterocycles. The molecule has 1 saturated heterocycles. The molecular formula is C20H31ClN2O4. The summed E-state index contributed by atoms with van der Waals surface area (Å²) in [6.45, 7) is 7.59. The first-order valence-corrected chi connectivity index (χ1v) is 10.2. The summed E-state index contributed by atoms with van der Waals surface area (Å²) in [4.78, 5) is 14.8. The third-order valence-corrected chi connectivity index (χ3v) is 4.72. The number of rotatable bonds is 10. The molecule has 0 bridgehead atoms. The molecule has 0 saturated carbocycles. The Bertz CT molecular complexity index is 604. The monoisotopic (exact) mass is 398 g/mol. The molecule has 0 aliphatic carbocycles. The van der Waals surface area contributed by atoms with Crippen LogP contribution in [0.3, 0.4) is 0 Å². The van der Waals surface area contributed by atoms with Crippen LogP contribution in [0.5, 0.6) is 11.5 Å². The van der Waals surface area contributed by atoms with E-state index in [4.69, 9.17) is 31.5 Å². The zero-order valence-corrected chi connectivity index (χ0v) is 17.1. The maximum absolute atomic E-state index is 12.9. The highest BCUT2D eigenvalue weighted by Crippen LogP contribution is 2.37. The van der Waals surface area contributed by atoms with Gasteiger partial charge in [0, 0.05) is 25.3 Å². The SMILES string of the molecule is CCCOc1c(Cl)cc(C(=O)N2CCC(OCCCN)CC2)cc1OCC. The molecule has 2 rings (SSSR count). The van der Waals surface area contributed by atoms with Crippen LogP contribution in [-0.4, -0.2) is 56.4 Å². The summed E-state index contributed by atoms with van der Waals surface area (Å²) >= 11 is 6.38. The highest BCUT2D eigenvalue weighted by molar-refractivity contribution is 6.32. The second kappa shape index (κ2) is 11.4. The van der Waals surface area contributed by atoms with Gasteiger partial charge in [0.1, 0.15) is 0 Å². The van der Waals surface area contributed by atoms with Crippen molar-refractivity contribution < 1.29 is 19.0 Å². The molecule has 152 valence electrons. The van der Waals surface area contributed by atoms with E-state index in [0.717, 1.165) is 25.7 Å². The number of nitrogens with zero attached hydrogens (tertiary/aromatic N) is 1. The van der Waals surface area contributed by atoms with Crippen LogP contribution in [0, 0.1) is 0 Å². The van der Waals surface area contributed by atoms with Crippen molar-refractivity contribution in [2.24, 2.45) is 5.73 Å². The van der Waals surface area contributed by atoms with E-state index in [9.17, 15) is 4.79 Å². The largest absolute Gasteiger partial charge is 0.490 e. The molecule has 6 nitrogen and oxygen atoms in total. The van der Waals surface area contributed by atoms with E-state index in [1.807, 2.05) is 18.7 Å². The van der Waals surface area contributed by atoms with Gasteiger partial charge < -0.3 is 24.8 Å². The van der Waals surface area contributed by atoms with Crippen LogP contribution in [0.25, 0.3) is 0 Å². The molecule has 1 fully saturated rings. The summed E-state index contributed by atoms with van der Waals surface area (Å²) in [6, 6.07) is 3.40. The van der Waals surface area contributed by atoms with E-state index in [0.29, 0.717) is 61.5 Å². The molecule has 0 radical (unpaired) electrons. The van der Waals surface area contributed by atoms with Crippen LogP contribution in [-0.2, 0) is 4.74 Å². The molecule has 2 N–H and O–H groups in total. The van der Waals surface area contributed by atoms with Crippen molar-refractivity contribution in [2.75, 3.05) is 39.5 Å². The molecular weight excluding hydrogens is 368 g/mol. The Hall–Kier alpha value is -1.50. The van der Waals surface area contributed by atoms with Crippen molar-refractivity contribution in [2.45, 2.75) is 45.6 Å². The quantitative estimate of drug-likeness (QED) is 0.610. The van der Waals surface area contributed by atoms with Crippen LogP contribution in [0.1, 0.15) is 49.9 Å². The predicted molar refractivity (Wildman–Crippen MR) is 107 cm³/mol. The van der Waals surface area contributed by atoms with Crippen molar-refractivity contribution in [3.63, 3.8) is 0 Å². The molecule has 1 aromatic rings. The van der Waals surface area contributed by atoms with Gasteiger partial charge in [-0.2, -0.15) is 0 Å². The van der Waals surface area contributed by atoms with Gasteiger partial charge in [-0.15, -0.1) is 0 Å². The van der Waals surface area contributed by atoms with Crippen LogP contribution < -0.4 is 15.2 Å². The summed E-state index contributed by atoms with van der Waals surface area (Å²) in [5, 5.41) is 0.401. The van der Waals surface area contributed by atoms with Crippen LogP contribution >= 0.6 is 11.6 Å². The molecule has 1 amide bonds. The number of likely N-dealkylation sites (tertiary alicyclic amines) is 1. The van der Waals surface area contributed by atoms with Crippen LogP contribution in [0.15, 0.2) is 12.1 Å². The third-order valence-electron chi connectivity index (χ3n) is 4.44. The molecule has 0 unspecified atom stereocenters. The van der Waals surface area contributed by atoms with Crippen molar-refractivity contribution in [1.82, 2.24) is 4.90 Å². The molecule has 1 aromatic carbocycles. The standard InChI is InChI=1S/C20H31ClN2O4/c1-3-11-27-19-17(21)13-15(14-18(19)25-4-2)20(24)23-9-6-16(7-10-23)26-12-5-8-22/h13-14,16H,3-12,22H2,1-2H3.